The first-order valence-electron chi connectivity index (χ1n) is 6.46. The number of hydrogen-bond donors (Lipinski definition) is 0. The van der Waals surface area contributed by atoms with Crippen molar-refractivity contribution < 1.29 is 0 Å². The molecule has 0 rings (SSSR count). The molecule has 2 heteroatoms. The van der Waals surface area contributed by atoms with Gasteiger partial charge in [0.2, 0.25) is 0 Å². The average Bonchev–Trinajstić information content (AvgIpc) is 2.37. The summed E-state index contributed by atoms with van der Waals surface area (Å²) in [6.07, 6.45) is 16.0. The first-order valence-corrected chi connectivity index (χ1v) is 6.46. The topological polar surface area (TPSA) is 24.7 Å². The van der Waals surface area contributed by atoms with Crippen LogP contribution in [0.1, 0.15) is 27.7 Å². The number of hydrogen-bond acceptors (Lipinski definition) is 2. The van der Waals surface area contributed by atoms with Gasteiger partial charge < -0.3 is 0 Å². The van der Waals surface area contributed by atoms with Gasteiger partial charge in [-0.25, -0.2) is 0 Å². The molecule has 0 saturated carbocycles. The highest BCUT2D eigenvalue weighted by Crippen LogP contribution is 2.12. The molecule has 0 radical (unpaired) electrons. The van der Waals surface area contributed by atoms with Crippen LogP contribution in [0.2, 0.25) is 0 Å². The molecule has 0 spiro atoms. The first kappa shape index (κ1) is 16.3. The van der Waals surface area contributed by atoms with Crippen molar-refractivity contribution >= 4 is 12.4 Å². The normalized spacial score (nSPS) is 14.9. The Hall–Kier alpha value is -1.70. The SMILES string of the molecule is C\C=C/C(=C/C=NCC)C(/C=C\C)=C/C=NCC. The van der Waals surface area contributed by atoms with E-state index in [1.807, 2.05) is 64.4 Å². The molecular weight excluding hydrogens is 220 g/mol. The summed E-state index contributed by atoms with van der Waals surface area (Å²) in [4.78, 5) is 8.43. The Morgan fingerprint density at radius 3 is 1.44 bits per heavy atom. The molecule has 2 nitrogen and oxygen atoms in total. The quantitative estimate of drug-likeness (QED) is 0.474. The van der Waals surface area contributed by atoms with E-state index >= 15 is 0 Å². The lowest BCUT2D eigenvalue weighted by Crippen LogP contribution is -1.86. The molecule has 0 heterocycles. The van der Waals surface area contributed by atoms with E-state index in [9.17, 15) is 0 Å². The molecule has 0 aromatic heterocycles. The summed E-state index contributed by atoms with van der Waals surface area (Å²) in [5, 5.41) is 0. The lowest BCUT2D eigenvalue weighted by Gasteiger charge is -2.01. The van der Waals surface area contributed by atoms with E-state index in [2.05, 4.69) is 22.1 Å². The maximum Gasteiger partial charge on any atom is 0.0360 e. The Balaban J connectivity index is 5.23. The molecule has 0 atom stereocenters. The fraction of sp³-hybridized carbons (Fsp3) is 0.375. The van der Waals surface area contributed by atoms with Gasteiger partial charge in [0.1, 0.15) is 0 Å². The van der Waals surface area contributed by atoms with Gasteiger partial charge in [-0.1, -0.05) is 24.3 Å². The van der Waals surface area contributed by atoms with Gasteiger partial charge >= 0.3 is 0 Å². The molecule has 0 aliphatic rings. The van der Waals surface area contributed by atoms with Crippen LogP contribution in [0.4, 0.5) is 0 Å². The van der Waals surface area contributed by atoms with Crippen molar-refractivity contribution in [2.24, 2.45) is 9.98 Å². The van der Waals surface area contributed by atoms with Gasteiger partial charge in [-0.05, 0) is 51.0 Å². The standard InChI is InChI=1S/C16H24N2/c1-5-9-15(11-13-17-7-3)16(10-6-2)12-14-18-8-4/h5-6,9-14H,7-8H2,1-4H3/b9-5-,10-6-,15-11-,16-12+,17-13?,18-14?. The third kappa shape index (κ3) is 7.55. The second kappa shape index (κ2) is 11.8. The maximum absolute atomic E-state index is 4.21. The van der Waals surface area contributed by atoms with Crippen LogP contribution in [-0.4, -0.2) is 25.5 Å². The third-order valence-electron chi connectivity index (χ3n) is 2.11. The van der Waals surface area contributed by atoms with Gasteiger partial charge in [0, 0.05) is 25.5 Å². The molecule has 0 amide bonds. The number of allylic oxidation sites excluding steroid dienone is 8. The van der Waals surface area contributed by atoms with E-state index in [1.54, 1.807) is 0 Å². The highest BCUT2D eigenvalue weighted by molar-refractivity contribution is 5.79. The van der Waals surface area contributed by atoms with Gasteiger partial charge in [-0.3, -0.25) is 9.98 Å². The Kier molecular flexibility index (Phi) is 10.7. The molecule has 0 unspecified atom stereocenters. The lowest BCUT2D eigenvalue weighted by molar-refractivity contribution is 1.14. The first-order chi connectivity index (χ1) is 8.79. The summed E-state index contributed by atoms with van der Waals surface area (Å²) < 4.78 is 0. The predicted molar refractivity (Wildman–Crippen MR) is 83.9 cm³/mol. The fourth-order valence-electron chi connectivity index (χ4n) is 1.33. The minimum absolute atomic E-state index is 0.805. The molecule has 0 aliphatic carbocycles. The molecule has 0 aromatic carbocycles. The van der Waals surface area contributed by atoms with Gasteiger partial charge in [-0.15, -0.1) is 0 Å². The van der Waals surface area contributed by atoms with Crippen LogP contribution < -0.4 is 0 Å². The fourth-order valence-corrected chi connectivity index (χ4v) is 1.33. The minimum atomic E-state index is 0.805. The van der Waals surface area contributed by atoms with Crippen molar-refractivity contribution in [2.75, 3.05) is 13.1 Å². The highest BCUT2D eigenvalue weighted by Gasteiger charge is 1.95. The zero-order chi connectivity index (χ0) is 13.6. The van der Waals surface area contributed by atoms with E-state index < -0.39 is 0 Å². The third-order valence-corrected chi connectivity index (χ3v) is 2.11. The van der Waals surface area contributed by atoms with Crippen LogP contribution in [0.25, 0.3) is 0 Å². The molecule has 18 heavy (non-hydrogen) atoms. The second-order valence-corrected chi connectivity index (χ2v) is 3.54. The monoisotopic (exact) mass is 244 g/mol. The summed E-state index contributed by atoms with van der Waals surface area (Å²) in [7, 11) is 0. The van der Waals surface area contributed by atoms with Gasteiger partial charge in [0.15, 0.2) is 0 Å². The smallest absolute Gasteiger partial charge is 0.0360 e. The maximum atomic E-state index is 4.21. The van der Waals surface area contributed by atoms with E-state index in [0.29, 0.717) is 0 Å². The Morgan fingerprint density at radius 1 is 0.778 bits per heavy atom. The van der Waals surface area contributed by atoms with Crippen LogP contribution in [0.5, 0.6) is 0 Å². The zero-order valence-corrected chi connectivity index (χ0v) is 11.9. The number of nitrogens with zero attached hydrogens (tertiary/aromatic N) is 2. The molecule has 0 bridgehead atoms. The largest absolute Gasteiger partial charge is 0.293 e. The molecule has 0 saturated heterocycles. The van der Waals surface area contributed by atoms with Crippen LogP contribution in [0, 0.1) is 0 Å². The van der Waals surface area contributed by atoms with Crippen LogP contribution in [0.15, 0.2) is 57.6 Å². The van der Waals surface area contributed by atoms with Crippen LogP contribution in [-0.2, 0) is 0 Å². The second-order valence-electron chi connectivity index (χ2n) is 3.54. The van der Waals surface area contributed by atoms with E-state index in [-0.39, 0.29) is 0 Å². The molecule has 98 valence electrons. The number of aliphatic imine (C=N–C) groups is 2. The van der Waals surface area contributed by atoms with Crippen LogP contribution in [0.3, 0.4) is 0 Å². The van der Waals surface area contributed by atoms with Crippen molar-refractivity contribution in [3.63, 3.8) is 0 Å². The van der Waals surface area contributed by atoms with Gasteiger partial charge in [0.25, 0.3) is 0 Å². The Morgan fingerprint density at radius 2 is 1.17 bits per heavy atom. The number of rotatable bonds is 7. The highest BCUT2D eigenvalue weighted by atomic mass is 14.7. The van der Waals surface area contributed by atoms with Crippen molar-refractivity contribution in [2.45, 2.75) is 27.7 Å². The molecule has 0 N–H and O–H groups in total. The van der Waals surface area contributed by atoms with Crippen molar-refractivity contribution in [3.8, 4) is 0 Å². The van der Waals surface area contributed by atoms with E-state index in [4.69, 9.17) is 0 Å². The molecule has 0 fully saturated rings. The van der Waals surface area contributed by atoms with Crippen LogP contribution >= 0.6 is 0 Å². The summed E-state index contributed by atoms with van der Waals surface area (Å²) >= 11 is 0. The van der Waals surface area contributed by atoms with E-state index in [0.717, 1.165) is 24.2 Å². The zero-order valence-electron chi connectivity index (χ0n) is 11.9. The van der Waals surface area contributed by atoms with Gasteiger partial charge in [-0.2, -0.15) is 0 Å². The summed E-state index contributed by atoms with van der Waals surface area (Å²) in [6, 6.07) is 0. The molecular formula is C16H24N2. The summed E-state index contributed by atoms with van der Waals surface area (Å²) in [5.74, 6) is 0. The van der Waals surface area contributed by atoms with Crippen molar-refractivity contribution in [1.29, 1.82) is 0 Å². The van der Waals surface area contributed by atoms with Crippen molar-refractivity contribution in [3.05, 3.63) is 47.6 Å². The van der Waals surface area contributed by atoms with Crippen molar-refractivity contribution in [1.82, 2.24) is 0 Å². The average molecular weight is 244 g/mol. The predicted octanol–water partition coefficient (Wildman–Crippen LogP) is 4.17. The minimum Gasteiger partial charge on any atom is -0.293 e. The van der Waals surface area contributed by atoms with E-state index in [1.165, 1.54) is 0 Å². The summed E-state index contributed by atoms with van der Waals surface area (Å²) in [6.45, 7) is 9.68. The Labute approximate surface area is 111 Å². The summed E-state index contributed by atoms with van der Waals surface area (Å²) in [5.41, 5.74) is 2.27. The Bertz CT molecular complexity index is 342. The molecule has 0 aromatic rings. The molecule has 0 aliphatic heterocycles. The van der Waals surface area contributed by atoms with Gasteiger partial charge in [0.05, 0.1) is 0 Å². The lowest BCUT2D eigenvalue weighted by atomic mass is 10.0.